The van der Waals surface area contributed by atoms with Crippen LogP contribution in [0.3, 0.4) is 0 Å². The summed E-state index contributed by atoms with van der Waals surface area (Å²) in [5.41, 5.74) is 3.27. The third kappa shape index (κ3) is 6.83. The van der Waals surface area contributed by atoms with Crippen LogP contribution in [0, 0.1) is 0 Å². The molecule has 0 aromatic heterocycles. The van der Waals surface area contributed by atoms with Crippen molar-refractivity contribution in [2.75, 3.05) is 0 Å². The van der Waals surface area contributed by atoms with Gasteiger partial charge < -0.3 is 10.2 Å². The Kier molecular flexibility index (Phi) is 9.16. The van der Waals surface area contributed by atoms with E-state index in [4.69, 9.17) is 11.6 Å². The molecule has 1 fully saturated rings. The number of nitrogens with zero attached hydrogens (tertiary/aromatic N) is 1. The second kappa shape index (κ2) is 12.1. The van der Waals surface area contributed by atoms with Crippen LogP contribution in [0.1, 0.15) is 69.1 Å². The predicted octanol–water partition coefficient (Wildman–Crippen LogP) is 5.70. The van der Waals surface area contributed by atoms with Gasteiger partial charge in [-0.25, -0.2) is 0 Å². The number of hydrogen-bond acceptors (Lipinski definition) is 2. The van der Waals surface area contributed by atoms with E-state index in [-0.39, 0.29) is 17.9 Å². The smallest absolute Gasteiger partial charge is 0.242 e. The van der Waals surface area contributed by atoms with E-state index in [0.717, 1.165) is 43.2 Å². The molecule has 3 rings (SSSR count). The summed E-state index contributed by atoms with van der Waals surface area (Å²) >= 11 is 6.38. The number of carbonyl (C=O) groups excluding carboxylic acids is 2. The molecule has 32 heavy (non-hydrogen) atoms. The standard InChI is InChI=1S/C27H35ClN2O2/c1-3-21-13-15-22(16-14-21)17-18-26(31)30(19-23-9-7-8-12-25(23)28)20(2)27(32)29-24-10-5-4-6-11-24/h7-9,12-16,20,24H,3-6,10-11,17-19H2,1-2H3,(H,29,32)/t20-/m1/s1. The van der Waals surface area contributed by atoms with Crippen molar-refractivity contribution >= 4 is 23.4 Å². The number of nitrogens with one attached hydrogen (secondary N) is 1. The van der Waals surface area contributed by atoms with Crippen molar-refractivity contribution in [3.8, 4) is 0 Å². The zero-order valence-corrected chi connectivity index (χ0v) is 20.0. The van der Waals surface area contributed by atoms with Gasteiger partial charge in [-0.15, -0.1) is 0 Å². The maximum atomic E-state index is 13.3. The number of hydrogen-bond donors (Lipinski definition) is 1. The molecule has 2 aromatic carbocycles. The molecular weight excluding hydrogens is 420 g/mol. The Balaban J connectivity index is 1.70. The van der Waals surface area contributed by atoms with E-state index in [1.807, 2.05) is 31.2 Å². The topological polar surface area (TPSA) is 49.4 Å². The Bertz CT molecular complexity index is 891. The quantitative estimate of drug-likeness (QED) is 0.528. The van der Waals surface area contributed by atoms with Gasteiger partial charge in [0.2, 0.25) is 11.8 Å². The third-order valence-corrected chi connectivity index (χ3v) is 6.84. The van der Waals surface area contributed by atoms with Crippen molar-refractivity contribution in [2.24, 2.45) is 0 Å². The predicted molar refractivity (Wildman–Crippen MR) is 131 cm³/mol. The van der Waals surface area contributed by atoms with Crippen molar-refractivity contribution in [3.05, 3.63) is 70.2 Å². The molecule has 1 saturated carbocycles. The lowest BCUT2D eigenvalue weighted by atomic mass is 9.95. The fraction of sp³-hybridized carbons (Fsp3) is 0.481. The van der Waals surface area contributed by atoms with E-state index in [9.17, 15) is 9.59 Å². The fourth-order valence-electron chi connectivity index (χ4n) is 4.30. The number of carbonyl (C=O) groups is 2. The van der Waals surface area contributed by atoms with Crippen molar-refractivity contribution in [1.82, 2.24) is 10.2 Å². The molecule has 0 unspecified atom stereocenters. The molecular formula is C27H35ClN2O2. The number of rotatable bonds is 9. The maximum absolute atomic E-state index is 13.3. The van der Waals surface area contributed by atoms with Crippen LogP contribution in [0.5, 0.6) is 0 Å². The molecule has 5 heteroatoms. The Labute approximate surface area is 197 Å². The van der Waals surface area contributed by atoms with Crippen LogP contribution in [0.25, 0.3) is 0 Å². The first kappa shape index (κ1) is 24.3. The Morgan fingerprint density at radius 3 is 2.34 bits per heavy atom. The summed E-state index contributed by atoms with van der Waals surface area (Å²) in [6.45, 7) is 4.28. The molecule has 2 aromatic rings. The monoisotopic (exact) mass is 454 g/mol. The lowest BCUT2D eigenvalue weighted by Gasteiger charge is -2.31. The van der Waals surface area contributed by atoms with Crippen molar-refractivity contribution in [1.29, 1.82) is 0 Å². The van der Waals surface area contributed by atoms with Gasteiger partial charge in [0.25, 0.3) is 0 Å². The average molecular weight is 455 g/mol. The molecule has 0 radical (unpaired) electrons. The lowest BCUT2D eigenvalue weighted by Crippen LogP contribution is -2.50. The highest BCUT2D eigenvalue weighted by molar-refractivity contribution is 6.31. The van der Waals surface area contributed by atoms with E-state index in [1.165, 1.54) is 12.0 Å². The molecule has 0 spiro atoms. The molecule has 0 bridgehead atoms. The summed E-state index contributed by atoms with van der Waals surface area (Å²) in [5, 5.41) is 3.79. The first-order valence-electron chi connectivity index (χ1n) is 11.9. The highest BCUT2D eigenvalue weighted by atomic mass is 35.5. The van der Waals surface area contributed by atoms with Gasteiger partial charge in [-0.3, -0.25) is 9.59 Å². The Hall–Kier alpha value is -2.33. The molecule has 0 aliphatic heterocycles. The lowest BCUT2D eigenvalue weighted by molar-refractivity contribution is -0.141. The first-order valence-corrected chi connectivity index (χ1v) is 12.3. The normalized spacial score (nSPS) is 15.2. The molecule has 0 saturated heterocycles. The van der Waals surface area contributed by atoms with Gasteiger partial charge in [0.15, 0.2) is 0 Å². The van der Waals surface area contributed by atoms with E-state index in [1.54, 1.807) is 4.90 Å². The summed E-state index contributed by atoms with van der Waals surface area (Å²) in [5.74, 6) is -0.111. The zero-order valence-electron chi connectivity index (χ0n) is 19.3. The molecule has 2 amide bonds. The van der Waals surface area contributed by atoms with Crippen LogP contribution in [0.15, 0.2) is 48.5 Å². The Morgan fingerprint density at radius 1 is 1.03 bits per heavy atom. The minimum atomic E-state index is -0.553. The maximum Gasteiger partial charge on any atom is 0.242 e. The van der Waals surface area contributed by atoms with Gasteiger partial charge in [-0.05, 0) is 55.4 Å². The third-order valence-electron chi connectivity index (χ3n) is 6.48. The van der Waals surface area contributed by atoms with E-state index in [0.29, 0.717) is 24.4 Å². The van der Waals surface area contributed by atoms with Crippen molar-refractivity contribution in [2.45, 2.75) is 83.8 Å². The van der Waals surface area contributed by atoms with Crippen LogP contribution >= 0.6 is 11.6 Å². The summed E-state index contributed by atoms with van der Waals surface area (Å²) < 4.78 is 0. The molecule has 4 nitrogen and oxygen atoms in total. The van der Waals surface area contributed by atoms with E-state index >= 15 is 0 Å². The van der Waals surface area contributed by atoms with Gasteiger partial charge in [-0.2, -0.15) is 0 Å². The fourth-order valence-corrected chi connectivity index (χ4v) is 4.49. The van der Waals surface area contributed by atoms with Crippen LogP contribution in [0.2, 0.25) is 5.02 Å². The van der Waals surface area contributed by atoms with Crippen molar-refractivity contribution < 1.29 is 9.59 Å². The zero-order chi connectivity index (χ0) is 22.9. The molecule has 1 atom stereocenters. The minimum absolute atomic E-state index is 0.0317. The van der Waals surface area contributed by atoms with Crippen LogP contribution in [0.4, 0.5) is 0 Å². The van der Waals surface area contributed by atoms with Crippen molar-refractivity contribution in [3.63, 3.8) is 0 Å². The molecule has 0 heterocycles. The van der Waals surface area contributed by atoms with Crippen LogP contribution < -0.4 is 5.32 Å². The number of halogens is 1. The van der Waals surface area contributed by atoms with Crippen LogP contribution in [-0.4, -0.2) is 28.8 Å². The Morgan fingerprint density at radius 2 is 1.69 bits per heavy atom. The second-order valence-corrected chi connectivity index (χ2v) is 9.21. The highest BCUT2D eigenvalue weighted by Gasteiger charge is 2.28. The number of benzene rings is 2. The summed E-state index contributed by atoms with van der Waals surface area (Å²) in [6.07, 6.45) is 7.58. The first-order chi connectivity index (χ1) is 15.5. The van der Waals surface area contributed by atoms with E-state index < -0.39 is 6.04 Å². The SMILES string of the molecule is CCc1ccc(CCC(=O)N(Cc2ccccc2Cl)[C@H](C)C(=O)NC2CCCCC2)cc1. The summed E-state index contributed by atoms with van der Waals surface area (Å²) in [6, 6.07) is 15.6. The average Bonchev–Trinajstić information content (AvgIpc) is 2.82. The van der Waals surface area contributed by atoms with Gasteiger partial charge in [0, 0.05) is 24.0 Å². The molecule has 172 valence electrons. The molecule has 1 aliphatic rings. The summed E-state index contributed by atoms with van der Waals surface area (Å²) in [4.78, 5) is 28.0. The van der Waals surface area contributed by atoms with Gasteiger partial charge in [0.05, 0.1) is 0 Å². The van der Waals surface area contributed by atoms with Gasteiger partial charge >= 0.3 is 0 Å². The molecule has 1 N–H and O–H groups in total. The van der Waals surface area contributed by atoms with E-state index in [2.05, 4.69) is 36.5 Å². The minimum Gasteiger partial charge on any atom is -0.352 e. The van der Waals surface area contributed by atoms with Gasteiger partial charge in [0.1, 0.15) is 6.04 Å². The second-order valence-electron chi connectivity index (χ2n) is 8.80. The largest absolute Gasteiger partial charge is 0.352 e. The van der Waals surface area contributed by atoms with Crippen LogP contribution in [-0.2, 0) is 29.0 Å². The highest BCUT2D eigenvalue weighted by Crippen LogP contribution is 2.21. The number of aryl methyl sites for hydroxylation is 2. The molecule has 1 aliphatic carbocycles. The number of amides is 2. The summed E-state index contributed by atoms with van der Waals surface area (Å²) in [7, 11) is 0. The van der Waals surface area contributed by atoms with Gasteiger partial charge in [-0.1, -0.05) is 80.3 Å².